The molecule has 3 nitrogen and oxygen atoms in total. The van der Waals surface area contributed by atoms with Gasteiger partial charge < -0.3 is 10.6 Å². The Morgan fingerprint density at radius 2 is 0.708 bits per heavy atom. The largest absolute Gasteiger partial charge is 0.338 e. The monoisotopic (exact) mass is 332 g/mol. The Kier molecular flexibility index (Phi) is 31.9. The van der Waals surface area contributed by atoms with Crippen LogP contribution in [0.1, 0.15) is 41.5 Å². The summed E-state index contributed by atoms with van der Waals surface area (Å²) in [7, 11) is 0. The Labute approximate surface area is 149 Å². The quantitative estimate of drug-likeness (QED) is 0.722. The molecule has 0 atom stereocenters. The molecule has 0 aromatic heterocycles. The van der Waals surface area contributed by atoms with Crippen LogP contribution in [0.4, 0.5) is 4.79 Å². The highest BCUT2D eigenvalue weighted by Crippen LogP contribution is 1.80. The molecule has 0 saturated carbocycles. The van der Waals surface area contributed by atoms with Crippen molar-refractivity contribution in [3.05, 3.63) is 72.8 Å². The number of hydrogen-bond acceptors (Lipinski definition) is 1. The second kappa shape index (κ2) is 28.8. The van der Waals surface area contributed by atoms with E-state index in [1.54, 1.807) is 0 Å². The average molecular weight is 333 g/mol. The maximum absolute atomic E-state index is 10.4. The zero-order valence-corrected chi connectivity index (χ0v) is 16.3. The van der Waals surface area contributed by atoms with E-state index in [1.807, 2.05) is 114 Å². The van der Waals surface area contributed by atoms with E-state index in [0.29, 0.717) is 13.1 Å². The zero-order valence-electron chi connectivity index (χ0n) is 16.3. The molecule has 24 heavy (non-hydrogen) atoms. The summed E-state index contributed by atoms with van der Waals surface area (Å²) in [5.41, 5.74) is 0. The van der Waals surface area contributed by atoms with E-state index in [2.05, 4.69) is 10.6 Å². The maximum atomic E-state index is 10.4. The Balaban J connectivity index is -0.000000251. The first kappa shape index (κ1) is 26.6. The number of urea groups is 1. The number of hydrogen-bond donors (Lipinski definition) is 2. The average Bonchev–Trinajstić information content (AvgIpc) is 2.69. The summed E-state index contributed by atoms with van der Waals surface area (Å²) >= 11 is 0. The minimum Gasteiger partial charge on any atom is -0.338 e. The smallest absolute Gasteiger partial charge is 0.314 e. The normalized spacial score (nSPS) is 7.25. The van der Waals surface area contributed by atoms with E-state index in [9.17, 15) is 4.79 Å². The van der Waals surface area contributed by atoms with Crippen molar-refractivity contribution in [2.45, 2.75) is 41.5 Å². The van der Waals surface area contributed by atoms with Gasteiger partial charge in [0.1, 0.15) is 0 Å². The molecule has 0 aliphatic carbocycles. The standard InChI is InChI=1S/2C6H6.C5H12N2O.2C2H6/c2*1-2-4-6-5-3-1;1-3-6-5(8)7-4-2;2*1-2/h2*1-6H;3-4H2,1-2H3,(H2,6,7,8);2*1-2H3. The summed E-state index contributed by atoms with van der Waals surface area (Å²) in [6.45, 7) is 13.1. The topological polar surface area (TPSA) is 41.1 Å². The molecule has 0 saturated heterocycles. The molecule has 0 radical (unpaired) electrons. The van der Waals surface area contributed by atoms with Gasteiger partial charge in [-0.15, -0.1) is 0 Å². The van der Waals surface area contributed by atoms with Crippen LogP contribution in [0.2, 0.25) is 0 Å². The van der Waals surface area contributed by atoms with Crippen LogP contribution < -0.4 is 10.6 Å². The minimum absolute atomic E-state index is 0.0880. The van der Waals surface area contributed by atoms with E-state index >= 15 is 0 Å². The van der Waals surface area contributed by atoms with Crippen LogP contribution in [0, 0.1) is 0 Å². The molecule has 0 bridgehead atoms. The SMILES string of the molecule is CC.CC.CCNC(=O)NCC.c1ccccc1.c1ccccc1. The van der Waals surface area contributed by atoms with Crippen molar-refractivity contribution in [3.63, 3.8) is 0 Å². The van der Waals surface area contributed by atoms with Crippen molar-refractivity contribution < 1.29 is 4.79 Å². The van der Waals surface area contributed by atoms with E-state index in [-0.39, 0.29) is 6.03 Å². The molecule has 0 aliphatic rings. The van der Waals surface area contributed by atoms with Crippen molar-refractivity contribution in [1.82, 2.24) is 10.6 Å². The Bertz CT molecular complexity index is 312. The van der Waals surface area contributed by atoms with Crippen LogP contribution in [0.3, 0.4) is 0 Å². The molecule has 136 valence electrons. The van der Waals surface area contributed by atoms with Crippen LogP contribution in [0.5, 0.6) is 0 Å². The van der Waals surface area contributed by atoms with Gasteiger partial charge in [0.2, 0.25) is 0 Å². The fraction of sp³-hybridized carbons (Fsp3) is 0.381. The molecule has 0 unspecified atom stereocenters. The third-order valence-corrected chi connectivity index (χ3v) is 2.01. The Morgan fingerprint density at radius 3 is 0.833 bits per heavy atom. The molecule has 0 fully saturated rings. The highest BCUT2D eigenvalue weighted by atomic mass is 16.2. The molecule has 2 rings (SSSR count). The van der Waals surface area contributed by atoms with Crippen molar-refractivity contribution in [2.24, 2.45) is 0 Å². The number of rotatable bonds is 2. The lowest BCUT2D eigenvalue weighted by molar-refractivity contribution is 0.242. The molecular weight excluding hydrogens is 296 g/mol. The lowest BCUT2D eigenvalue weighted by Gasteiger charge is -1.99. The summed E-state index contributed by atoms with van der Waals surface area (Å²) < 4.78 is 0. The fourth-order valence-corrected chi connectivity index (χ4v) is 1.15. The van der Waals surface area contributed by atoms with Gasteiger partial charge in [0.05, 0.1) is 0 Å². The molecule has 3 heteroatoms. The van der Waals surface area contributed by atoms with Crippen molar-refractivity contribution in [3.8, 4) is 0 Å². The summed E-state index contributed by atoms with van der Waals surface area (Å²) in [6.07, 6.45) is 0. The van der Waals surface area contributed by atoms with Crippen molar-refractivity contribution in [2.75, 3.05) is 13.1 Å². The van der Waals surface area contributed by atoms with Gasteiger partial charge in [0, 0.05) is 13.1 Å². The van der Waals surface area contributed by atoms with Gasteiger partial charge in [-0.1, -0.05) is 100 Å². The summed E-state index contributed by atoms with van der Waals surface area (Å²) in [4.78, 5) is 10.4. The molecule has 2 aromatic rings. The van der Waals surface area contributed by atoms with Gasteiger partial charge in [0.15, 0.2) is 0 Å². The molecular formula is C21H36N2O. The molecule has 0 heterocycles. The predicted molar refractivity (Wildman–Crippen MR) is 108 cm³/mol. The highest BCUT2D eigenvalue weighted by Gasteiger charge is 1.89. The Morgan fingerprint density at radius 1 is 0.542 bits per heavy atom. The lowest BCUT2D eigenvalue weighted by atomic mass is 10.4. The molecule has 0 spiro atoms. The van der Waals surface area contributed by atoms with Gasteiger partial charge in [0.25, 0.3) is 0 Å². The summed E-state index contributed by atoms with van der Waals surface area (Å²) in [5, 5.41) is 5.19. The van der Waals surface area contributed by atoms with E-state index in [4.69, 9.17) is 0 Å². The molecule has 2 aromatic carbocycles. The first-order valence-corrected chi connectivity index (χ1v) is 8.83. The molecule has 2 N–H and O–H groups in total. The van der Waals surface area contributed by atoms with Crippen LogP contribution >= 0.6 is 0 Å². The first-order valence-electron chi connectivity index (χ1n) is 8.83. The summed E-state index contributed by atoms with van der Waals surface area (Å²) in [5.74, 6) is 0. The number of carbonyl (C=O) groups excluding carboxylic acids is 1. The van der Waals surface area contributed by atoms with Gasteiger partial charge in [-0.05, 0) is 13.8 Å². The van der Waals surface area contributed by atoms with E-state index in [1.165, 1.54) is 0 Å². The number of nitrogens with one attached hydrogen (secondary N) is 2. The molecule has 2 amide bonds. The van der Waals surface area contributed by atoms with Crippen molar-refractivity contribution in [1.29, 1.82) is 0 Å². The summed E-state index contributed by atoms with van der Waals surface area (Å²) in [6, 6.07) is 23.9. The number of amides is 2. The van der Waals surface area contributed by atoms with Gasteiger partial charge in [-0.3, -0.25) is 0 Å². The number of carbonyl (C=O) groups is 1. The van der Waals surface area contributed by atoms with Crippen molar-refractivity contribution >= 4 is 6.03 Å². The third kappa shape index (κ3) is 28.0. The van der Waals surface area contributed by atoms with Crippen LogP contribution in [-0.4, -0.2) is 19.1 Å². The second-order valence-electron chi connectivity index (χ2n) is 3.70. The maximum Gasteiger partial charge on any atom is 0.314 e. The van der Waals surface area contributed by atoms with Crippen LogP contribution in [0.15, 0.2) is 72.8 Å². The minimum atomic E-state index is -0.0880. The van der Waals surface area contributed by atoms with Gasteiger partial charge in [-0.2, -0.15) is 0 Å². The van der Waals surface area contributed by atoms with Gasteiger partial charge in [-0.25, -0.2) is 4.79 Å². The third-order valence-electron chi connectivity index (χ3n) is 2.01. The zero-order chi connectivity index (χ0) is 18.9. The fourth-order valence-electron chi connectivity index (χ4n) is 1.15. The first-order chi connectivity index (χ1) is 11.8. The lowest BCUT2D eigenvalue weighted by Crippen LogP contribution is -2.34. The van der Waals surface area contributed by atoms with E-state index in [0.717, 1.165) is 0 Å². The number of benzene rings is 2. The Hall–Kier alpha value is -2.29. The second-order valence-corrected chi connectivity index (χ2v) is 3.70. The van der Waals surface area contributed by atoms with E-state index < -0.39 is 0 Å². The van der Waals surface area contributed by atoms with Gasteiger partial charge >= 0.3 is 6.03 Å². The van der Waals surface area contributed by atoms with Crippen LogP contribution in [-0.2, 0) is 0 Å². The highest BCUT2D eigenvalue weighted by molar-refractivity contribution is 5.73. The predicted octanol–water partition coefficient (Wildman–Crippen LogP) is 5.75. The van der Waals surface area contributed by atoms with Crippen LogP contribution in [0.25, 0.3) is 0 Å². The molecule has 0 aliphatic heterocycles.